The van der Waals surface area contributed by atoms with Gasteiger partial charge in [0, 0.05) is 27.3 Å². The summed E-state index contributed by atoms with van der Waals surface area (Å²) >= 11 is 1.57. The lowest BCUT2D eigenvalue weighted by atomic mass is 10.1. The Morgan fingerprint density at radius 2 is 2.00 bits per heavy atom. The standard InChI is InChI=1S/C20H20N2O5S/c1-12-9-16(13(2)28-12)17(23)7-8-19(24)26-11-18-21-20(22-27-18)14-5-4-6-15(10-14)25-3/h4-6,9-10H,7-8,11H2,1-3H3. The molecule has 146 valence electrons. The molecule has 0 fully saturated rings. The summed E-state index contributed by atoms with van der Waals surface area (Å²) < 4.78 is 15.4. The van der Waals surface area contributed by atoms with Gasteiger partial charge in [-0.3, -0.25) is 9.59 Å². The van der Waals surface area contributed by atoms with Crippen LogP contribution in [0.1, 0.15) is 38.8 Å². The maximum absolute atomic E-state index is 12.2. The molecular formula is C20H20N2O5S. The van der Waals surface area contributed by atoms with Gasteiger partial charge in [-0.1, -0.05) is 17.3 Å². The molecule has 8 heteroatoms. The Kier molecular flexibility index (Phi) is 6.20. The van der Waals surface area contributed by atoms with Gasteiger partial charge in [-0.05, 0) is 32.0 Å². The second-order valence-corrected chi connectivity index (χ2v) is 7.61. The number of carbonyl (C=O) groups excluding carboxylic acids is 2. The summed E-state index contributed by atoms with van der Waals surface area (Å²) in [5.41, 5.74) is 1.41. The Morgan fingerprint density at radius 3 is 2.71 bits per heavy atom. The van der Waals surface area contributed by atoms with Crippen molar-refractivity contribution in [2.24, 2.45) is 0 Å². The van der Waals surface area contributed by atoms with Crippen LogP contribution < -0.4 is 4.74 Å². The lowest BCUT2D eigenvalue weighted by Crippen LogP contribution is -2.08. The minimum Gasteiger partial charge on any atom is -0.497 e. The SMILES string of the molecule is COc1cccc(-c2noc(COC(=O)CCC(=O)c3cc(C)sc3C)n2)c1. The van der Waals surface area contributed by atoms with Crippen molar-refractivity contribution in [3.8, 4) is 17.1 Å². The fourth-order valence-corrected chi connectivity index (χ4v) is 3.61. The highest BCUT2D eigenvalue weighted by Gasteiger charge is 2.16. The fourth-order valence-electron chi connectivity index (χ4n) is 2.67. The van der Waals surface area contributed by atoms with Gasteiger partial charge in [0.1, 0.15) is 5.75 Å². The molecule has 0 spiro atoms. The van der Waals surface area contributed by atoms with Gasteiger partial charge >= 0.3 is 5.97 Å². The van der Waals surface area contributed by atoms with E-state index in [1.54, 1.807) is 24.5 Å². The lowest BCUT2D eigenvalue weighted by Gasteiger charge is -2.02. The highest BCUT2D eigenvalue weighted by atomic mass is 32.1. The van der Waals surface area contributed by atoms with E-state index in [1.165, 1.54) is 0 Å². The molecule has 0 radical (unpaired) electrons. The minimum absolute atomic E-state index is 0.00401. The number of esters is 1. The number of methoxy groups -OCH3 is 1. The maximum atomic E-state index is 12.2. The van der Waals surface area contributed by atoms with E-state index in [0.717, 1.165) is 15.3 Å². The second kappa shape index (κ2) is 8.79. The van der Waals surface area contributed by atoms with Crippen molar-refractivity contribution in [1.29, 1.82) is 0 Å². The van der Waals surface area contributed by atoms with Crippen LogP contribution in [0.5, 0.6) is 5.75 Å². The first-order valence-electron chi connectivity index (χ1n) is 8.69. The molecule has 2 heterocycles. The van der Waals surface area contributed by atoms with Crippen molar-refractivity contribution >= 4 is 23.1 Å². The molecule has 3 aromatic rings. The third-order valence-electron chi connectivity index (χ3n) is 4.05. The molecule has 0 aliphatic heterocycles. The number of hydrogen-bond acceptors (Lipinski definition) is 8. The number of Topliss-reactive ketones (excluding diaryl/α,β-unsaturated/α-hetero) is 1. The number of benzene rings is 1. The van der Waals surface area contributed by atoms with Gasteiger partial charge in [0.05, 0.1) is 13.5 Å². The van der Waals surface area contributed by atoms with E-state index in [4.69, 9.17) is 14.0 Å². The Balaban J connectivity index is 1.50. The molecule has 7 nitrogen and oxygen atoms in total. The van der Waals surface area contributed by atoms with Gasteiger partial charge in [0.15, 0.2) is 12.4 Å². The summed E-state index contributed by atoms with van der Waals surface area (Å²) in [6, 6.07) is 9.08. The normalized spacial score (nSPS) is 10.7. The summed E-state index contributed by atoms with van der Waals surface area (Å²) in [7, 11) is 1.58. The van der Waals surface area contributed by atoms with E-state index in [2.05, 4.69) is 10.1 Å². The van der Waals surface area contributed by atoms with Gasteiger partial charge < -0.3 is 14.0 Å². The maximum Gasteiger partial charge on any atom is 0.306 e. The quantitative estimate of drug-likeness (QED) is 0.415. The van der Waals surface area contributed by atoms with Crippen LogP contribution in [0.3, 0.4) is 0 Å². The number of rotatable bonds is 8. The molecule has 0 amide bonds. The molecule has 2 aromatic heterocycles. The molecule has 0 bridgehead atoms. The van der Waals surface area contributed by atoms with Crippen LogP contribution >= 0.6 is 11.3 Å². The van der Waals surface area contributed by atoms with Crippen LogP contribution in [0.25, 0.3) is 11.4 Å². The van der Waals surface area contributed by atoms with E-state index >= 15 is 0 Å². The number of nitrogens with zero attached hydrogens (tertiary/aromatic N) is 2. The number of aromatic nitrogens is 2. The average molecular weight is 400 g/mol. The van der Waals surface area contributed by atoms with Crippen LogP contribution in [-0.2, 0) is 16.1 Å². The number of aryl methyl sites for hydroxylation is 2. The van der Waals surface area contributed by atoms with Crippen molar-refractivity contribution < 1.29 is 23.6 Å². The van der Waals surface area contributed by atoms with Gasteiger partial charge in [0.2, 0.25) is 5.82 Å². The highest BCUT2D eigenvalue weighted by molar-refractivity contribution is 7.12. The Morgan fingerprint density at radius 1 is 1.18 bits per heavy atom. The van der Waals surface area contributed by atoms with Crippen LogP contribution in [0.2, 0.25) is 0 Å². The van der Waals surface area contributed by atoms with Gasteiger partial charge in [-0.25, -0.2) is 0 Å². The first-order chi connectivity index (χ1) is 13.5. The van der Waals surface area contributed by atoms with Crippen LogP contribution in [0.15, 0.2) is 34.9 Å². The first-order valence-corrected chi connectivity index (χ1v) is 9.51. The highest BCUT2D eigenvalue weighted by Crippen LogP contribution is 2.23. The van der Waals surface area contributed by atoms with Crippen molar-refractivity contribution in [2.45, 2.75) is 33.3 Å². The van der Waals surface area contributed by atoms with E-state index in [0.29, 0.717) is 17.1 Å². The summed E-state index contributed by atoms with van der Waals surface area (Å²) in [5, 5.41) is 3.88. The Labute approximate surface area is 166 Å². The van der Waals surface area contributed by atoms with Crippen LogP contribution in [0.4, 0.5) is 0 Å². The topological polar surface area (TPSA) is 91.5 Å². The van der Waals surface area contributed by atoms with E-state index in [1.807, 2.05) is 38.1 Å². The zero-order chi connectivity index (χ0) is 20.1. The molecule has 0 aliphatic rings. The zero-order valence-electron chi connectivity index (χ0n) is 15.9. The number of ketones is 1. The summed E-state index contributed by atoms with van der Waals surface area (Å²) in [6.07, 6.45) is 0.110. The molecule has 0 atom stereocenters. The fraction of sp³-hybridized carbons (Fsp3) is 0.300. The summed E-state index contributed by atoms with van der Waals surface area (Å²) in [5.74, 6) is 0.692. The molecule has 0 N–H and O–H groups in total. The number of hydrogen-bond donors (Lipinski definition) is 0. The first kappa shape index (κ1) is 19.8. The Hall–Kier alpha value is -3.00. The van der Waals surface area contributed by atoms with Crippen molar-refractivity contribution in [3.63, 3.8) is 0 Å². The van der Waals surface area contributed by atoms with E-state index in [9.17, 15) is 9.59 Å². The second-order valence-electron chi connectivity index (χ2n) is 6.15. The average Bonchev–Trinajstić information content (AvgIpc) is 3.30. The number of ether oxygens (including phenoxy) is 2. The predicted molar refractivity (Wildman–Crippen MR) is 103 cm³/mol. The molecule has 0 unspecified atom stereocenters. The summed E-state index contributed by atoms with van der Waals surface area (Å²) in [6.45, 7) is 3.71. The number of carbonyl (C=O) groups is 2. The van der Waals surface area contributed by atoms with E-state index in [-0.39, 0.29) is 31.1 Å². The predicted octanol–water partition coefficient (Wildman–Crippen LogP) is 4.13. The van der Waals surface area contributed by atoms with Crippen LogP contribution in [0, 0.1) is 13.8 Å². The summed E-state index contributed by atoms with van der Waals surface area (Å²) in [4.78, 5) is 30.4. The third-order valence-corrected chi connectivity index (χ3v) is 5.02. The molecule has 28 heavy (non-hydrogen) atoms. The third kappa shape index (κ3) is 4.83. The van der Waals surface area contributed by atoms with Crippen LogP contribution in [-0.4, -0.2) is 29.0 Å². The molecular weight excluding hydrogens is 380 g/mol. The minimum atomic E-state index is -0.487. The largest absolute Gasteiger partial charge is 0.497 e. The lowest BCUT2D eigenvalue weighted by molar-refractivity contribution is -0.145. The monoisotopic (exact) mass is 400 g/mol. The number of thiophene rings is 1. The molecule has 0 aliphatic carbocycles. The van der Waals surface area contributed by atoms with Gasteiger partial charge in [-0.2, -0.15) is 4.98 Å². The molecule has 0 saturated heterocycles. The van der Waals surface area contributed by atoms with Gasteiger partial charge in [-0.15, -0.1) is 11.3 Å². The van der Waals surface area contributed by atoms with E-state index < -0.39 is 5.97 Å². The van der Waals surface area contributed by atoms with Crippen molar-refractivity contribution in [2.75, 3.05) is 7.11 Å². The molecule has 3 rings (SSSR count). The molecule has 1 aromatic carbocycles. The Bertz CT molecular complexity index is 992. The molecule has 0 saturated carbocycles. The van der Waals surface area contributed by atoms with Gasteiger partial charge in [0.25, 0.3) is 5.89 Å². The zero-order valence-corrected chi connectivity index (χ0v) is 16.7. The van der Waals surface area contributed by atoms with Crippen molar-refractivity contribution in [1.82, 2.24) is 10.1 Å². The smallest absolute Gasteiger partial charge is 0.306 e. The van der Waals surface area contributed by atoms with Crippen molar-refractivity contribution in [3.05, 3.63) is 51.5 Å².